The number of rotatable bonds is 2. The monoisotopic (exact) mass is 314 g/mol. The average Bonchev–Trinajstić information content (AvgIpc) is 1.85. The van der Waals surface area contributed by atoms with E-state index in [2.05, 4.69) is 4.52 Å². The Balaban J connectivity index is 0.00000121. The molecule has 0 aromatic heterocycles. The van der Waals surface area contributed by atoms with Crippen molar-refractivity contribution in [3.63, 3.8) is 0 Å². The van der Waals surface area contributed by atoms with Crippen molar-refractivity contribution in [3.8, 4) is 5.75 Å². The molecule has 1 rings (SSSR count). The number of hydrogen-bond acceptors (Lipinski definition) is 2. The number of phosphoric acid groups is 1. The van der Waals surface area contributed by atoms with Crippen molar-refractivity contribution in [2.75, 3.05) is 0 Å². The van der Waals surface area contributed by atoms with Crippen molar-refractivity contribution < 1.29 is 60.6 Å². The summed E-state index contributed by atoms with van der Waals surface area (Å²) >= 11 is 0. The molecular formula is C6H7CeO4P. The first-order valence-electron chi connectivity index (χ1n) is 2.88. The molecular weight excluding hydrogens is 307 g/mol. The standard InChI is InChI=1S/C6H7O4P.Ce/c7-11(8,9)10-6-4-2-1-3-5-6;/h1-5H,(H2,7,8,9);. The van der Waals surface area contributed by atoms with Crippen LogP contribution >= 0.6 is 7.82 Å². The van der Waals surface area contributed by atoms with Gasteiger partial charge in [0.15, 0.2) is 0 Å². The summed E-state index contributed by atoms with van der Waals surface area (Å²) in [6, 6.07) is 7.93. The fraction of sp³-hybridized carbons (Fsp3) is 0. The van der Waals surface area contributed by atoms with Gasteiger partial charge in [-0.25, -0.2) is 4.57 Å². The third kappa shape index (κ3) is 5.24. The van der Waals surface area contributed by atoms with Gasteiger partial charge < -0.3 is 4.52 Å². The van der Waals surface area contributed by atoms with Crippen LogP contribution in [0.15, 0.2) is 30.3 Å². The molecule has 0 aliphatic carbocycles. The van der Waals surface area contributed by atoms with Gasteiger partial charge in [0.1, 0.15) is 5.75 Å². The Morgan fingerprint density at radius 2 is 1.67 bits per heavy atom. The molecule has 12 heavy (non-hydrogen) atoms. The normalized spacial score (nSPS) is 10.2. The molecule has 2 N–H and O–H groups in total. The molecule has 0 heterocycles. The maximum Gasteiger partial charge on any atom is 0.524 e. The van der Waals surface area contributed by atoms with E-state index in [9.17, 15) is 4.57 Å². The summed E-state index contributed by atoms with van der Waals surface area (Å²) in [5, 5.41) is 0. The summed E-state index contributed by atoms with van der Waals surface area (Å²) in [5.74, 6) is 0.167. The number of para-hydroxylation sites is 1. The second-order valence-corrected chi connectivity index (χ2v) is 3.06. The quantitative estimate of drug-likeness (QED) is 0.804. The van der Waals surface area contributed by atoms with Crippen LogP contribution in [0.2, 0.25) is 0 Å². The molecule has 0 saturated carbocycles. The van der Waals surface area contributed by atoms with Gasteiger partial charge in [-0.15, -0.1) is 0 Å². The van der Waals surface area contributed by atoms with Gasteiger partial charge in [-0.05, 0) is 12.1 Å². The maximum atomic E-state index is 10.3. The zero-order valence-electron chi connectivity index (χ0n) is 6.04. The molecule has 0 radical (unpaired) electrons. The Labute approximate surface area is 104 Å². The fourth-order valence-electron chi connectivity index (χ4n) is 0.619. The van der Waals surface area contributed by atoms with Crippen LogP contribution in [0.3, 0.4) is 0 Å². The summed E-state index contributed by atoms with van der Waals surface area (Å²) in [4.78, 5) is 16.7. The minimum atomic E-state index is -4.39. The predicted octanol–water partition coefficient (Wildman–Crippen LogP) is 1.16. The Hall–Kier alpha value is 0.547. The third-order valence-electron chi connectivity index (χ3n) is 0.968. The van der Waals surface area contributed by atoms with Crippen molar-refractivity contribution in [1.82, 2.24) is 0 Å². The molecule has 0 saturated heterocycles. The van der Waals surface area contributed by atoms with Gasteiger partial charge >= 0.3 is 7.82 Å². The van der Waals surface area contributed by atoms with E-state index >= 15 is 0 Å². The van der Waals surface area contributed by atoms with E-state index in [0.29, 0.717) is 0 Å². The molecule has 0 atom stereocenters. The Kier molecular flexibility index (Phi) is 5.56. The van der Waals surface area contributed by atoms with E-state index in [1.54, 1.807) is 18.2 Å². The Morgan fingerprint density at radius 1 is 1.17 bits per heavy atom. The molecule has 0 aliphatic heterocycles. The number of benzene rings is 1. The average molecular weight is 314 g/mol. The zero-order valence-corrected chi connectivity index (χ0v) is 10.1. The number of phosphoric ester groups is 1. The SMILES string of the molecule is O=P(O)(O)Oc1ccccc1.[Ce]. The Morgan fingerprint density at radius 3 is 2.08 bits per heavy atom. The van der Waals surface area contributed by atoms with Crippen LogP contribution in [0.25, 0.3) is 0 Å². The zero-order chi connectivity index (χ0) is 8.32. The van der Waals surface area contributed by atoms with Crippen LogP contribution in [0.5, 0.6) is 5.75 Å². The van der Waals surface area contributed by atoms with Gasteiger partial charge in [0, 0.05) is 41.7 Å². The van der Waals surface area contributed by atoms with Gasteiger partial charge in [0.05, 0.1) is 0 Å². The minimum absolute atomic E-state index is 0. The van der Waals surface area contributed by atoms with E-state index in [0.717, 1.165) is 0 Å². The van der Waals surface area contributed by atoms with Crippen molar-refractivity contribution in [1.29, 1.82) is 0 Å². The molecule has 4 nitrogen and oxygen atoms in total. The molecule has 0 unspecified atom stereocenters. The van der Waals surface area contributed by atoms with E-state index in [1.807, 2.05) is 0 Å². The smallest absolute Gasteiger partial charge is 0.404 e. The van der Waals surface area contributed by atoms with Crippen LogP contribution in [0.1, 0.15) is 0 Å². The first kappa shape index (κ1) is 12.5. The predicted molar refractivity (Wildman–Crippen MR) is 39.1 cm³/mol. The molecule has 0 fully saturated rings. The van der Waals surface area contributed by atoms with Crippen LogP contribution in [0.4, 0.5) is 0 Å². The minimum Gasteiger partial charge on any atom is -0.404 e. The second kappa shape index (κ2) is 5.31. The van der Waals surface area contributed by atoms with Crippen molar-refractivity contribution in [3.05, 3.63) is 30.3 Å². The summed E-state index contributed by atoms with van der Waals surface area (Å²) in [6.07, 6.45) is 0. The van der Waals surface area contributed by atoms with Gasteiger partial charge in [-0.1, -0.05) is 18.2 Å². The Bertz CT molecular complexity index is 270. The van der Waals surface area contributed by atoms with Gasteiger partial charge in [0.2, 0.25) is 0 Å². The molecule has 0 spiro atoms. The molecule has 1 aromatic carbocycles. The molecule has 64 valence electrons. The summed E-state index contributed by atoms with van der Waals surface area (Å²) in [7, 11) is -4.39. The van der Waals surface area contributed by atoms with Crippen LogP contribution in [0, 0.1) is 41.7 Å². The van der Waals surface area contributed by atoms with Gasteiger partial charge in [0.25, 0.3) is 0 Å². The van der Waals surface area contributed by atoms with Crippen LogP contribution in [-0.4, -0.2) is 9.79 Å². The second-order valence-electron chi connectivity index (χ2n) is 1.89. The molecule has 0 amide bonds. The fourth-order valence-corrected chi connectivity index (χ4v) is 1.02. The van der Waals surface area contributed by atoms with E-state index < -0.39 is 7.82 Å². The van der Waals surface area contributed by atoms with Crippen LogP contribution in [-0.2, 0) is 4.57 Å². The van der Waals surface area contributed by atoms with Gasteiger partial charge in [-0.3, -0.25) is 9.79 Å². The number of hydrogen-bond donors (Lipinski definition) is 2. The summed E-state index contributed by atoms with van der Waals surface area (Å²) in [5.41, 5.74) is 0. The first-order chi connectivity index (χ1) is 5.08. The van der Waals surface area contributed by atoms with Crippen LogP contribution < -0.4 is 4.52 Å². The maximum absolute atomic E-state index is 10.3. The van der Waals surface area contributed by atoms with E-state index in [4.69, 9.17) is 9.79 Å². The summed E-state index contributed by atoms with van der Waals surface area (Å²) < 4.78 is 14.5. The molecule has 0 aliphatic rings. The molecule has 0 bridgehead atoms. The van der Waals surface area contributed by atoms with Crippen molar-refractivity contribution in [2.45, 2.75) is 0 Å². The van der Waals surface area contributed by atoms with Crippen molar-refractivity contribution in [2.24, 2.45) is 0 Å². The summed E-state index contributed by atoms with van der Waals surface area (Å²) in [6.45, 7) is 0. The first-order valence-corrected chi connectivity index (χ1v) is 4.41. The third-order valence-corrected chi connectivity index (χ3v) is 1.42. The molecule has 1 aromatic rings. The van der Waals surface area contributed by atoms with E-state index in [1.165, 1.54) is 12.1 Å². The molecule has 6 heteroatoms. The topological polar surface area (TPSA) is 66.8 Å². The van der Waals surface area contributed by atoms with E-state index in [-0.39, 0.29) is 47.5 Å². The largest absolute Gasteiger partial charge is 0.524 e. The van der Waals surface area contributed by atoms with Crippen molar-refractivity contribution >= 4 is 7.82 Å². The van der Waals surface area contributed by atoms with Gasteiger partial charge in [-0.2, -0.15) is 0 Å².